The monoisotopic (exact) mass is 345 g/mol. The number of thiazole rings is 1. The number of benzene rings is 3. The molecule has 4 heteroatoms. The van der Waals surface area contributed by atoms with Gasteiger partial charge in [-0.05, 0) is 17.7 Å². The number of hydrogen-bond acceptors (Lipinski definition) is 4. The highest BCUT2D eigenvalue weighted by Gasteiger charge is 2.19. The zero-order valence-corrected chi connectivity index (χ0v) is 14.1. The zero-order valence-electron chi connectivity index (χ0n) is 13.3. The van der Waals surface area contributed by atoms with Crippen LogP contribution in [0.3, 0.4) is 0 Å². The van der Waals surface area contributed by atoms with Gasteiger partial charge in [0.1, 0.15) is 11.1 Å². The molecule has 0 amide bonds. The van der Waals surface area contributed by atoms with Gasteiger partial charge in [0, 0.05) is 11.1 Å². The van der Waals surface area contributed by atoms with E-state index in [1.54, 1.807) is 47.7 Å². The number of carbonyl (C=O) groups is 1. The molecule has 0 bridgehead atoms. The van der Waals surface area contributed by atoms with Crippen LogP contribution in [0.1, 0.15) is 22.0 Å². The number of nitrogens with zero attached hydrogens (tertiary/aromatic N) is 1. The van der Waals surface area contributed by atoms with Crippen LogP contribution >= 0.6 is 11.3 Å². The summed E-state index contributed by atoms with van der Waals surface area (Å²) in [5, 5.41) is 11.3. The molecular weight excluding hydrogens is 330 g/mol. The number of fused-ring (bicyclic) bond motifs is 1. The molecule has 0 aliphatic carbocycles. The SMILES string of the molecule is O=C(c1ccccc1)C(O)c1ccc(-c2nc3ccccc3s2)cc1. The molecule has 0 spiro atoms. The maximum absolute atomic E-state index is 12.4. The van der Waals surface area contributed by atoms with E-state index in [-0.39, 0.29) is 5.78 Å². The molecule has 25 heavy (non-hydrogen) atoms. The Morgan fingerprint density at radius 1 is 0.880 bits per heavy atom. The Morgan fingerprint density at radius 2 is 1.56 bits per heavy atom. The van der Waals surface area contributed by atoms with Crippen LogP contribution in [-0.4, -0.2) is 15.9 Å². The predicted molar refractivity (Wildman–Crippen MR) is 101 cm³/mol. The van der Waals surface area contributed by atoms with Gasteiger partial charge in [-0.1, -0.05) is 66.7 Å². The van der Waals surface area contributed by atoms with Crippen LogP contribution < -0.4 is 0 Å². The van der Waals surface area contributed by atoms with E-state index in [2.05, 4.69) is 4.98 Å². The lowest BCUT2D eigenvalue weighted by Gasteiger charge is -2.10. The van der Waals surface area contributed by atoms with Gasteiger partial charge in [-0.2, -0.15) is 0 Å². The lowest BCUT2D eigenvalue weighted by atomic mass is 9.99. The van der Waals surface area contributed by atoms with Gasteiger partial charge in [-0.3, -0.25) is 4.79 Å². The number of para-hydroxylation sites is 1. The van der Waals surface area contributed by atoms with Crippen molar-refractivity contribution in [1.82, 2.24) is 4.98 Å². The molecule has 1 unspecified atom stereocenters. The van der Waals surface area contributed by atoms with Crippen LogP contribution in [0.25, 0.3) is 20.8 Å². The molecule has 0 radical (unpaired) electrons. The standard InChI is InChI=1S/C21H15NO2S/c23-19(14-6-2-1-3-7-14)20(24)15-10-12-16(13-11-15)21-22-17-8-4-5-9-18(17)25-21/h1-13,20,24H. The van der Waals surface area contributed by atoms with Crippen LogP contribution in [-0.2, 0) is 0 Å². The molecule has 0 saturated heterocycles. The second kappa shape index (κ2) is 6.59. The molecule has 1 atom stereocenters. The zero-order chi connectivity index (χ0) is 17.2. The summed E-state index contributed by atoms with van der Waals surface area (Å²) in [6.45, 7) is 0. The molecule has 0 aliphatic rings. The summed E-state index contributed by atoms with van der Waals surface area (Å²) < 4.78 is 1.14. The molecule has 0 aliphatic heterocycles. The van der Waals surface area contributed by atoms with Crippen LogP contribution in [0.5, 0.6) is 0 Å². The number of aromatic nitrogens is 1. The van der Waals surface area contributed by atoms with Crippen molar-refractivity contribution in [2.24, 2.45) is 0 Å². The highest BCUT2D eigenvalue weighted by atomic mass is 32.1. The van der Waals surface area contributed by atoms with Crippen molar-refractivity contribution in [2.75, 3.05) is 0 Å². The minimum atomic E-state index is -1.16. The normalized spacial score (nSPS) is 12.2. The van der Waals surface area contributed by atoms with Gasteiger partial charge in [0.15, 0.2) is 5.78 Å². The third kappa shape index (κ3) is 3.09. The summed E-state index contributed by atoms with van der Waals surface area (Å²) in [5.41, 5.74) is 3.04. The molecule has 122 valence electrons. The Hall–Kier alpha value is -2.82. The second-order valence-corrected chi connectivity index (χ2v) is 6.77. The average molecular weight is 345 g/mol. The Kier molecular flexibility index (Phi) is 4.14. The van der Waals surface area contributed by atoms with Gasteiger partial charge in [0.2, 0.25) is 0 Å². The van der Waals surface area contributed by atoms with Gasteiger partial charge < -0.3 is 5.11 Å². The average Bonchev–Trinajstić information content (AvgIpc) is 3.12. The quantitative estimate of drug-likeness (QED) is 0.536. The Balaban J connectivity index is 1.60. The molecular formula is C21H15NO2S. The number of carbonyl (C=O) groups excluding carboxylic acids is 1. The summed E-state index contributed by atoms with van der Waals surface area (Å²) in [4.78, 5) is 17.0. The van der Waals surface area contributed by atoms with Crippen molar-refractivity contribution < 1.29 is 9.90 Å². The fourth-order valence-corrected chi connectivity index (χ4v) is 3.69. The van der Waals surface area contributed by atoms with Crippen LogP contribution in [0.2, 0.25) is 0 Å². The van der Waals surface area contributed by atoms with Crippen LogP contribution in [0.15, 0.2) is 78.9 Å². The van der Waals surface area contributed by atoms with E-state index in [1.165, 1.54) is 0 Å². The van der Waals surface area contributed by atoms with E-state index in [4.69, 9.17) is 0 Å². The van der Waals surface area contributed by atoms with E-state index in [1.807, 2.05) is 42.5 Å². The number of aliphatic hydroxyl groups excluding tert-OH is 1. The predicted octanol–water partition coefficient (Wildman–Crippen LogP) is 4.88. The van der Waals surface area contributed by atoms with Crippen molar-refractivity contribution in [2.45, 2.75) is 6.10 Å². The third-order valence-corrected chi connectivity index (χ3v) is 5.16. The largest absolute Gasteiger partial charge is 0.380 e. The smallest absolute Gasteiger partial charge is 0.195 e. The first kappa shape index (κ1) is 15.7. The van der Waals surface area contributed by atoms with Crippen molar-refractivity contribution in [3.05, 3.63) is 90.0 Å². The van der Waals surface area contributed by atoms with Gasteiger partial charge in [-0.25, -0.2) is 4.98 Å². The van der Waals surface area contributed by atoms with Gasteiger partial charge in [-0.15, -0.1) is 11.3 Å². The van der Waals surface area contributed by atoms with Crippen LogP contribution in [0, 0.1) is 0 Å². The summed E-state index contributed by atoms with van der Waals surface area (Å²) in [6.07, 6.45) is -1.16. The number of ketones is 1. The van der Waals surface area contributed by atoms with Crippen molar-refractivity contribution in [3.63, 3.8) is 0 Å². The maximum atomic E-state index is 12.4. The molecule has 0 fully saturated rings. The number of rotatable bonds is 4. The number of aliphatic hydroxyl groups is 1. The Bertz CT molecular complexity index is 990. The first-order chi connectivity index (χ1) is 12.2. The van der Waals surface area contributed by atoms with E-state index >= 15 is 0 Å². The second-order valence-electron chi connectivity index (χ2n) is 5.74. The summed E-state index contributed by atoms with van der Waals surface area (Å²) in [5.74, 6) is -0.298. The summed E-state index contributed by atoms with van der Waals surface area (Å²) in [6, 6.07) is 24.2. The molecule has 3 nitrogen and oxygen atoms in total. The molecule has 3 aromatic carbocycles. The van der Waals surface area contributed by atoms with Crippen LogP contribution in [0.4, 0.5) is 0 Å². The van der Waals surface area contributed by atoms with Gasteiger partial charge >= 0.3 is 0 Å². The minimum Gasteiger partial charge on any atom is -0.380 e. The van der Waals surface area contributed by atoms with Crippen molar-refractivity contribution >= 4 is 27.3 Å². The first-order valence-corrected chi connectivity index (χ1v) is 8.77. The molecule has 1 heterocycles. The Labute approximate surface area is 149 Å². The fourth-order valence-electron chi connectivity index (χ4n) is 2.72. The number of Topliss-reactive ketones (excluding diaryl/α,β-unsaturated/α-hetero) is 1. The molecule has 1 N–H and O–H groups in total. The van der Waals surface area contributed by atoms with E-state index in [9.17, 15) is 9.90 Å². The van der Waals surface area contributed by atoms with E-state index < -0.39 is 6.10 Å². The lowest BCUT2D eigenvalue weighted by Crippen LogP contribution is -2.12. The highest BCUT2D eigenvalue weighted by molar-refractivity contribution is 7.21. The van der Waals surface area contributed by atoms with E-state index in [0.29, 0.717) is 11.1 Å². The molecule has 1 aromatic heterocycles. The highest BCUT2D eigenvalue weighted by Crippen LogP contribution is 2.31. The minimum absolute atomic E-state index is 0.298. The topological polar surface area (TPSA) is 50.2 Å². The molecule has 0 saturated carbocycles. The van der Waals surface area contributed by atoms with Crippen molar-refractivity contribution in [3.8, 4) is 10.6 Å². The van der Waals surface area contributed by atoms with E-state index in [0.717, 1.165) is 20.8 Å². The fraction of sp³-hybridized carbons (Fsp3) is 0.0476. The van der Waals surface area contributed by atoms with Gasteiger partial charge in [0.05, 0.1) is 10.2 Å². The first-order valence-electron chi connectivity index (χ1n) is 7.95. The third-order valence-electron chi connectivity index (χ3n) is 4.07. The molecule has 4 aromatic rings. The summed E-state index contributed by atoms with van der Waals surface area (Å²) in [7, 11) is 0. The lowest BCUT2D eigenvalue weighted by molar-refractivity contribution is 0.0747. The van der Waals surface area contributed by atoms with Crippen molar-refractivity contribution in [1.29, 1.82) is 0 Å². The maximum Gasteiger partial charge on any atom is 0.195 e. The Morgan fingerprint density at radius 3 is 2.28 bits per heavy atom. The molecule has 4 rings (SSSR count). The van der Waals surface area contributed by atoms with Gasteiger partial charge in [0.25, 0.3) is 0 Å². The summed E-state index contributed by atoms with van der Waals surface area (Å²) >= 11 is 1.63. The number of hydrogen-bond donors (Lipinski definition) is 1.